The second-order valence-corrected chi connectivity index (χ2v) is 7.97. The molecule has 2 atom stereocenters. The largest absolute Gasteiger partial charge is 0.356 e. The average Bonchev–Trinajstić information content (AvgIpc) is 2.84. The van der Waals surface area contributed by atoms with Crippen molar-refractivity contribution in [2.45, 2.75) is 53.4 Å². The molecular weight excluding hydrogens is 256 g/mol. The van der Waals surface area contributed by atoms with Crippen molar-refractivity contribution in [1.29, 1.82) is 0 Å². The number of allylic oxidation sites excluding steroid dienone is 2. The first-order valence-corrected chi connectivity index (χ1v) is 8.32. The van der Waals surface area contributed by atoms with Gasteiger partial charge >= 0.3 is 0 Å². The van der Waals surface area contributed by atoms with Gasteiger partial charge in [0.15, 0.2) is 0 Å². The van der Waals surface area contributed by atoms with Gasteiger partial charge in [0.1, 0.15) is 5.82 Å². The van der Waals surface area contributed by atoms with E-state index >= 15 is 0 Å². The van der Waals surface area contributed by atoms with Gasteiger partial charge in [-0.3, -0.25) is 0 Å². The first-order chi connectivity index (χ1) is 9.86. The lowest BCUT2D eigenvalue weighted by Crippen LogP contribution is -2.22. The third-order valence-corrected chi connectivity index (χ3v) is 4.97. The molecule has 2 heteroatoms. The second kappa shape index (κ2) is 5.15. The van der Waals surface area contributed by atoms with Gasteiger partial charge in [-0.05, 0) is 52.9 Å². The van der Waals surface area contributed by atoms with Crippen LogP contribution in [-0.2, 0) is 0 Å². The minimum absolute atomic E-state index is 0.195. The van der Waals surface area contributed by atoms with Crippen LogP contribution in [0.25, 0.3) is 5.57 Å². The maximum absolute atomic E-state index is 4.79. The van der Waals surface area contributed by atoms with Gasteiger partial charge < -0.3 is 4.90 Å². The molecular formula is C19H28N2. The molecule has 1 saturated heterocycles. The Balaban J connectivity index is 1.98. The van der Waals surface area contributed by atoms with Gasteiger partial charge in [-0.25, -0.2) is 4.98 Å². The topological polar surface area (TPSA) is 16.1 Å². The maximum Gasteiger partial charge on any atom is 0.128 e. The van der Waals surface area contributed by atoms with E-state index < -0.39 is 0 Å². The zero-order chi connectivity index (χ0) is 15.2. The van der Waals surface area contributed by atoms with Gasteiger partial charge in [0.25, 0.3) is 0 Å². The van der Waals surface area contributed by atoms with Gasteiger partial charge in [-0.15, -0.1) is 0 Å². The Morgan fingerprint density at radius 1 is 1.24 bits per heavy atom. The van der Waals surface area contributed by atoms with Crippen LogP contribution in [0.2, 0.25) is 0 Å². The van der Waals surface area contributed by atoms with Crippen molar-refractivity contribution in [1.82, 2.24) is 4.98 Å². The number of rotatable bonds is 1. The highest BCUT2D eigenvalue weighted by Crippen LogP contribution is 2.43. The minimum atomic E-state index is 0.195. The van der Waals surface area contributed by atoms with Crippen LogP contribution in [0, 0.1) is 11.3 Å². The molecule has 1 fully saturated rings. The van der Waals surface area contributed by atoms with Crippen LogP contribution in [0.5, 0.6) is 0 Å². The molecule has 2 aliphatic rings. The predicted octanol–water partition coefficient (Wildman–Crippen LogP) is 4.86. The Kier molecular flexibility index (Phi) is 3.59. The Morgan fingerprint density at radius 3 is 2.62 bits per heavy atom. The van der Waals surface area contributed by atoms with Crippen molar-refractivity contribution >= 4 is 11.4 Å². The van der Waals surface area contributed by atoms with E-state index in [-0.39, 0.29) is 5.41 Å². The number of aromatic nitrogens is 1. The fraction of sp³-hybridized carbons (Fsp3) is 0.632. The van der Waals surface area contributed by atoms with Gasteiger partial charge in [-0.1, -0.05) is 40.7 Å². The number of fused-ring (bicyclic) bond motifs is 1. The molecule has 1 aromatic rings. The average molecular weight is 284 g/mol. The molecule has 0 spiro atoms. The van der Waals surface area contributed by atoms with E-state index in [4.69, 9.17) is 4.98 Å². The molecule has 114 valence electrons. The van der Waals surface area contributed by atoms with E-state index in [2.05, 4.69) is 57.9 Å². The second-order valence-electron chi connectivity index (χ2n) is 7.97. The molecule has 0 radical (unpaired) electrons. The standard InChI is InChI=1S/C19H28N2/c1-13-8-9-21(12-13)18-10-15-14(2)6-7-17(19(3,4)5)16(15)11-20-18/h7,10-11,13-14H,6,8-9,12H2,1-5H3/t13-,14?/m0/s1. The molecule has 3 rings (SSSR count). The summed E-state index contributed by atoms with van der Waals surface area (Å²) >= 11 is 0. The summed E-state index contributed by atoms with van der Waals surface area (Å²) in [6.07, 6.45) is 6.99. The Labute approximate surface area is 129 Å². The SMILES string of the molecule is CC1CC=C(C(C)(C)C)c2cnc(N3CC[C@H](C)C3)cc21. The van der Waals surface area contributed by atoms with Crippen molar-refractivity contribution in [3.8, 4) is 0 Å². The molecule has 2 heterocycles. The lowest BCUT2D eigenvalue weighted by molar-refractivity contribution is 0.557. The summed E-state index contributed by atoms with van der Waals surface area (Å²) in [5.41, 5.74) is 4.52. The van der Waals surface area contributed by atoms with E-state index in [0.717, 1.165) is 25.4 Å². The van der Waals surface area contributed by atoms with Gasteiger partial charge in [0.05, 0.1) is 0 Å². The summed E-state index contributed by atoms with van der Waals surface area (Å²) in [5, 5.41) is 0. The molecule has 1 aliphatic carbocycles. The summed E-state index contributed by atoms with van der Waals surface area (Å²) < 4.78 is 0. The number of hydrogen-bond acceptors (Lipinski definition) is 2. The van der Waals surface area contributed by atoms with Crippen molar-refractivity contribution < 1.29 is 0 Å². The molecule has 2 nitrogen and oxygen atoms in total. The number of hydrogen-bond donors (Lipinski definition) is 0. The lowest BCUT2D eigenvalue weighted by atomic mass is 9.75. The van der Waals surface area contributed by atoms with Crippen LogP contribution in [0.1, 0.15) is 64.5 Å². The van der Waals surface area contributed by atoms with Crippen LogP contribution < -0.4 is 4.90 Å². The smallest absolute Gasteiger partial charge is 0.128 e. The summed E-state index contributed by atoms with van der Waals surface area (Å²) in [5.74, 6) is 2.58. The zero-order valence-electron chi connectivity index (χ0n) is 14.1. The molecule has 1 unspecified atom stereocenters. The summed E-state index contributed by atoms with van der Waals surface area (Å²) in [4.78, 5) is 7.24. The number of pyridine rings is 1. The van der Waals surface area contributed by atoms with Gasteiger partial charge in [0, 0.05) is 19.3 Å². The number of nitrogens with zero attached hydrogens (tertiary/aromatic N) is 2. The lowest BCUT2D eigenvalue weighted by Gasteiger charge is -2.31. The van der Waals surface area contributed by atoms with Crippen molar-refractivity contribution in [3.05, 3.63) is 29.5 Å². The summed E-state index contributed by atoms with van der Waals surface area (Å²) in [6, 6.07) is 2.36. The quantitative estimate of drug-likeness (QED) is 0.732. The monoisotopic (exact) mass is 284 g/mol. The molecule has 0 N–H and O–H groups in total. The molecule has 1 aromatic heterocycles. The fourth-order valence-electron chi connectivity index (χ4n) is 3.65. The van der Waals surface area contributed by atoms with Crippen molar-refractivity contribution in [2.75, 3.05) is 18.0 Å². The van der Waals surface area contributed by atoms with Crippen LogP contribution in [-0.4, -0.2) is 18.1 Å². The van der Waals surface area contributed by atoms with Crippen molar-refractivity contribution in [2.24, 2.45) is 11.3 Å². The highest BCUT2D eigenvalue weighted by molar-refractivity contribution is 5.74. The molecule has 0 amide bonds. The summed E-state index contributed by atoms with van der Waals surface area (Å²) in [7, 11) is 0. The molecule has 1 aliphatic heterocycles. The summed E-state index contributed by atoms with van der Waals surface area (Å²) in [6.45, 7) is 13.9. The van der Waals surface area contributed by atoms with Crippen LogP contribution in [0.4, 0.5) is 5.82 Å². The zero-order valence-corrected chi connectivity index (χ0v) is 14.1. The Hall–Kier alpha value is -1.31. The Bertz CT molecular complexity index is 565. The Morgan fingerprint density at radius 2 is 2.00 bits per heavy atom. The molecule has 0 bridgehead atoms. The molecule has 21 heavy (non-hydrogen) atoms. The first kappa shape index (κ1) is 14.6. The maximum atomic E-state index is 4.79. The van der Waals surface area contributed by atoms with E-state index in [0.29, 0.717) is 5.92 Å². The van der Waals surface area contributed by atoms with Crippen molar-refractivity contribution in [3.63, 3.8) is 0 Å². The van der Waals surface area contributed by atoms with E-state index in [1.165, 1.54) is 28.9 Å². The molecule has 0 aromatic carbocycles. The highest BCUT2D eigenvalue weighted by atomic mass is 15.2. The fourth-order valence-corrected chi connectivity index (χ4v) is 3.65. The van der Waals surface area contributed by atoms with E-state index in [9.17, 15) is 0 Å². The minimum Gasteiger partial charge on any atom is -0.356 e. The molecule has 0 saturated carbocycles. The van der Waals surface area contributed by atoms with Gasteiger partial charge in [-0.2, -0.15) is 0 Å². The van der Waals surface area contributed by atoms with Crippen LogP contribution in [0.3, 0.4) is 0 Å². The van der Waals surface area contributed by atoms with Gasteiger partial charge in [0.2, 0.25) is 0 Å². The normalized spacial score (nSPS) is 25.8. The third kappa shape index (κ3) is 2.73. The van der Waals surface area contributed by atoms with Crippen LogP contribution >= 0.6 is 0 Å². The predicted molar refractivity (Wildman–Crippen MR) is 90.7 cm³/mol. The van der Waals surface area contributed by atoms with E-state index in [1.807, 2.05) is 0 Å². The van der Waals surface area contributed by atoms with Crippen LogP contribution in [0.15, 0.2) is 18.3 Å². The van der Waals surface area contributed by atoms with E-state index in [1.54, 1.807) is 0 Å². The third-order valence-electron chi connectivity index (χ3n) is 4.97. The first-order valence-electron chi connectivity index (χ1n) is 8.32. The highest BCUT2D eigenvalue weighted by Gasteiger charge is 2.28. The number of anilines is 1.